The largest absolute Gasteiger partial charge is 0.480 e. The number of hydrogen-bond donors (Lipinski definition) is 4. The molecule has 0 saturated carbocycles. The number of amides is 2. The molecule has 9 nitrogen and oxygen atoms in total. The smallest absolute Gasteiger partial charge is 0.407 e. The van der Waals surface area contributed by atoms with Gasteiger partial charge in [0, 0.05) is 24.2 Å². The minimum atomic E-state index is -1.19. The Labute approximate surface area is 202 Å². The molecule has 0 bridgehead atoms. The van der Waals surface area contributed by atoms with Crippen molar-refractivity contribution in [2.45, 2.75) is 30.8 Å². The van der Waals surface area contributed by atoms with Gasteiger partial charge in [-0.25, -0.2) is 14.6 Å². The average Bonchev–Trinajstić information content (AvgIpc) is 3.48. The molecular formula is C26H26N4O5. The monoisotopic (exact) mass is 474 g/mol. The molecule has 0 spiro atoms. The average molecular weight is 475 g/mol. The van der Waals surface area contributed by atoms with Crippen molar-refractivity contribution in [3.63, 3.8) is 0 Å². The molecule has 9 heteroatoms. The molecule has 4 rings (SSSR count). The van der Waals surface area contributed by atoms with E-state index in [9.17, 15) is 19.5 Å². The van der Waals surface area contributed by atoms with E-state index in [0.29, 0.717) is 5.69 Å². The number of H-pyrrole nitrogens is 1. The molecule has 0 fully saturated rings. The predicted octanol–water partition coefficient (Wildman–Crippen LogP) is 3.01. The third-order valence-corrected chi connectivity index (χ3v) is 5.95. The Bertz CT molecular complexity index is 1180. The third kappa shape index (κ3) is 5.40. The van der Waals surface area contributed by atoms with E-state index in [4.69, 9.17) is 4.74 Å². The second-order valence-corrected chi connectivity index (χ2v) is 8.23. The highest BCUT2D eigenvalue weighted by atomic mass is 16.5. The highest BCUT2D eigenvalue weighted by molar-refractivity contribution is 5.89. The Morgan fingerprint density at radius 2 is 1.71 bits per heavy atom. The van der Waals surface area contributed by atoms with Gasteiger partial charge < -0.3 is 25.5 Å². The zero-order chi connectivity index (χ0) is 24.8. The van der Waals surface area contributed by atoms with Gasteiger partial charge in [0.1, 0.15) is 18.7 Å². The van der Waals surface area contributed by atoms with Crippen LogP contribution in [0.25, 0.3) is 11.1 Å². The Morgan fingerprint density at radius 3 is 2.29 bits per heavy atom. The van der Waals surface area contributed by atoms with E-state index in [1.54, 1.807) is 0 Å². The molecule has 2 amide bonds. The summed E-state index contributed by atoms with van der Waals surface area (Å²) in [7, 11) is 0. The maximum atomic E-state index is 12.9. The fourth-order valence-corrected chi connectivity index (χ4v) is 4.27. The third-order valence-electron chi connectivity index (χ3n) is 5.95. The van der Waals surface area contributed by atoms with Crippen molar-refractivity contribution in [2.24, 2.45) is 0 Å². The topological polar surface area (TPSA) is 133 Å². The van der Waals surface area contributed by atoms with Crippen LogP contribution in [0, 0.1) is 0 Å². The second-order valence-electron chi connectivity index (χ2n) is 8.23. The number of nitrogens with one attached hydrogen (secondary N) is 3. The molecule has 1 aliphatic rings. The van der Waals surface area contributed by atoms with E-state index < -0.39 is 30.1 Å². The van der Waals surface area contributed by atoms with E-state index in [1.165, 1.54) is 18.6 Å². The minimum Gasteiger partial charge on any atom is -0.480 e. The van der Waals surface area contributed by atoms with Gasteiger partial charge in [-0.1, -0.05) is 54.6 Å². The molecule has 3 aromatic rings. The number of fused-ring (bicyclic) bond motifs is 3. The summed E-state index contributed by atoms with van der Waals surface area (Å²) in [5.74, 6) is -1.97. The van der Waals surface area contributed by atoms with Crippen molar-refractivity contribution >= 4 is 18.0 Å². The van der Waals surface area contributed by atoms with Crippen LogP contribution in [0.3, 0.4) is 0 Å². The van der Waals surface area contributed by atoms with Crippen molar-refractivity contribution < 1.29 is 24.2 Å². The van der Waals surface area contributed by atoms with Gasteiger partial charge in [-0.15, -0.1) is 6.58 Å². The van der Waals surface area contributed by atoms with Crippen LogP contribution in [0.1, 0.15) is 29.2 Å². The van der Waals surface area contributed by atoms with Gasteiger partial charge in [0.15, 0.2) is 0 Å². The van der Waals surface area contributed by atoms with Gasteiger partial charge in [-0.05, 0) is 28.7 Å². The highest BCUT2D eigenvalue weighted by Crippen LogP contribution is 2.44. The SMILES string of the molecule is C=CCC(NC(=O)[C@@H](Cc1cnc[nH]1)NC(=O)OCC1c2ccccc2-c2ccccc21)C(=O)O. The van der Waals surface area contributed by atoms with Crippen molar-refractivity contribution in [1.82, 2.24) is 20.6 Å². The highest BCUT2D eigenvalue weighted by Gasteiger charge is 2.30. The fraction of sp³-hybridized carbons (Fsp3) is 0.231. The lowest BCUT2D eigenvalue weighted by atomic mass is 9.98. The quantitative estimate of drug-likeness (QED) is 0.334. The zero-order valence-electron chi connectivity index (χ0n) is 18.9. The van der Waals surface area contributed by atoms with Gasteiger partial charge in [-0.3, -0.25) is 4.79 Å². The van der Waals surface area contributed by atoms with Crippen molar-refractivity contribution in [1.29, 1.82) is 0 Å². The second kappa shape index (κ2) is 10.7. The maximum absolute atomic E-state index is 12.9. The predicted molar refractivity (Wildman–Crippen MR) is 129 cm³/mol. The molecule has 1 unspecified atom stereocenters. The standard InChI is InChI=1S/C26H26N4O5/c1-2-7-22(25(32)33)29-24(31)23(12-16-13-27-15-28-16)30-26(34)35-14-21-19-10-5-3-8-17(19)18-9-4-6-11-20(18)21/h2-6,8-11,13,15,21-23H,1,7,12,14H2,(H,27,28)(H,29,31)(H,30,34)(H,32,33)/t22?,23-/m1/s1. The number of carboxylic acid groups (broad SMARTS) is 1. The normalized spacial score (nSPS) is 13.7. The number of aliphatic carboxylic acids is 1. The molecule has 0 aliphatic heterocycles. The first-order valence-electron chi connectivity index (χ1n) is 11.2. The number of hydrogen-bond acceptors (Lipinski definition) is 5. The van der Waals surface area contributed by atoms with Crippen molar-refractivity contribution in [2.75, 3.05) is 6.61 Å². The van der Waals surface area contributed by atoms with Crippen molar-refractivity contribution in [3.05, 3.63) is 90.5 Å². The van der Waals surface area contributed by atoms with Gasteiger partial charge in [-0.2, -0.15) is 0 Å². The number of aromatic amines is 1. The number of aromatic nitrogens is 2. The fourth-order valence-electron chi connectivity index (χ4n) is 4.27. The van der Waals surface area contributed by atoms with Gasteiger partial charge in [0.25, 0.3) is 0 Å². The number of ether oxygens (including phenoxy) is 1. The number of imidazole rings is 1. The lowest BCUT2D eigenvalue weighted by Crippen LogP contribution is -2.52. The number of nitrogens with zero attached hydrogens (tertiary/aromatic N) is 1. The van der Waals surface area contributed by atoms with Gasteiger partial charge in [0.05, 0.1) is 6.33 Å². The molecule has 2 atom stereocenters. The summed E-state index contributed by atoms with van der Waals surface area (Å²) in [4.78, 5) is 43.9. The molecular weight excluding hydrogens is 448 g/mol. The van der Waals surface area contributed by atoms with Gasteiger partial charge >= 0.3 is 12.1 Å². The summed E-state index contributed by atoms with van der Waals surface area (Å²) in [6.45, 7) is 3.61. The number of rotatable bonds is 10. The summed E-state index contributed by atoms with van der Waals surface area (Å²) in [5, 5.41) is 14.4. The van der Waals surface area contributed by atoms with Gasteiger partial charge in [0.2, 0.25) is 5.91 Å². The Kier molecular flexibility index (Phi) is 7.25. The number of alkyl carbamates (subject to hydrolysis) is 1. The van der Waals surface area contributed by atoms with Crippen LogP contribution in [-0.4, -0.2) is 51.7 Å². The van der Waals surface area contributed by atoms with Crippen LogP contribution in [0.5, 0.6) is 0 Å². The zero-order valence-corrected chi connectivity index (χ0v) is 18.9. The first-order chi connectivity index (χ1) is 17.0. The van der Waals surface area contributed by atoms with Crippen LogP contribution in [0.2, 0.25) is 0 Å². The molecule has 1 aliphatic carbocycles. The maximum Gasteiger partial charge on any atom is 0.407 e. The Hall–Kier alpha value is -4.40. The van der Waals surface area contributed by atoms with E-state index in [1.807, 2.05) is 48.5 Å². The van der Waals surface area contributed by atoms with E-state index in [-0.39, 0.29) is 25.4 Å². The van der Waals surface area contributed by atoms with Crippen LogP contribution in [-0.2, 0) is 20.7 Å². The minimum absolute atomic E-state index is 0.0444. The summed E-state index contributed by atoms with van der Waals surface area (Å²) < 4.78 is 5.55. The number of carboxylic acids is 1. The first kappa shape index (κ1) is 23.7. The van der Waals surface area contributed by atoms with Crippen molar-refractivity contribution in [3.8, 4) is 11.1 Å². The Morgan fingerprint density at radius 1 is 1.06 bits per heavy atom. The van der Waals surface area contributed by atoms with E-state index in [2.05, 4.69) is 27.2 Å². The van der Waals surface area contributed by atoms with E-state index in [0.717, 1.165) is 22.3 Å². The number of carbonyl (C=O) groups excluding carboxylic acids is 2. The number of benzene rings is 2. The molecule has 4 N–H and O–H groups in total. The Balaban J connectivity index is 1.45. The van der Waals surface area contributed by atoms with E-state index >= 15 is 0 Å². The molecule has 1 aromatic heterocycles. The van der Waals surface area contributed by atoms with Crippen LogP contribution < -0.4 is 10.6 Å². The lowest BCUT2D eigenvalue weighted by Gasteiger charge is -2.21. The summed E-state index contributed by atoms with van der Waals surface area (Å²) in [6.07, 6.45) is 3.73. The molecule has 1 heterocycles. The first-order valence-corrected chi connectivity index (χ1v) is 11.2. The lowest BCUT2D eigenvalue weighted by molar-refractivity contribution is -0.142. The summed E-state index contributed by atoms with van der Waals surface area (Å²) in [6, 6.07) is 13.7. The molecule has 0 saturated heterocycles. The molecule has 2 aromatic carbocycles. The van der Waals surface area contributed by atoms with Crippen LogP contribution in [0.4, 0.5) is 4.79 Å². The number of carbonyl (C=O) groups is 3. The van der Waals surface area contributed by atoms with Crippen LogP contribution >= 0.6 is 0 Å². The summed E-state index contributed by atoms with van der Waals surface area (Å²) in [5.41, 5.74) is 4.95. The van der Waals surface area contributed by atoms with Crippen LogP contribution in [0.15, 0.2) is 73.7 Å². The molecule has 35 heavy (non-hydrogen) atoms. The summed E-state index contributed by atoms with van der Waals surface area (Å²) >= 11 is 0. The molecule has 0 radical (unpaired) electrons. The molecule has 180 valence electrons.